The molecule has 9 heteroatoms. The summed E-state index contributed by atoms with van der Waals surface area (Å²) in [7, 11) is -0.344. The maximum Gasteiger partial charge on any atom is 0.494 e. The number of rotatable bonds is 8. The Balaban J connectivity index is 1.33. The van der Waals surface area contributed by atoms with E-state index in [0.717, 1.165) is 56.5 Å². The molecule has 0 spiro atoms. The number of hydrogen-bond donors (Lipinski definition) is 2. The molecule has 0 saturated carbocycles. The molecule has 204 valence electrons. The molecule has 8 nitrogen and oxygen atoms in total. The van der Waals surface area contributed by atoms with Crippen molar-refractivity contribution in [3.05, 3.63) is 48.5 Å². The predicted molar refractivity (Wildman–Crippen MR) is 157 cm³/mol. The largest absolute Gasteiger partial charge is 0.494 e. The zero-order valence-corrected chi connectivity index (χ0v) is 23.7. The monoisotopic (exact) mass is 519 g/mol. The lowest BCUT2D eigenvalue weighted by Crippen LogP contribution is -2.46. The second-order valence-electron chi connectivity index (χ2n) is 11.1. The van der Waals surface area contributed by atoms with Gasteiger partial charge in [-0.3, -0.25) is 10.3 Å². The van der Waals surface area contributed by atoms with Gasteiger partial charge in [-0.1, -0.05) is 26.0 Å². The highest BCUT2D eigenvalue weighted by atomic mass is 16.7. The molecule has 0 bridgehead atoms. The molecule has 38 heavy (non-hydrogen) atoms. The number of carbonyl (C=O) groups is 1. The molecular formula is C29H42BN5O3. The van der Waals surface area contributed by atoms with Gasteiger partial charge in [0.1, 0.15) is 0 Å². The van der Waals surface area contributed by atoms with Crippen LogP contribution in [0, 0.1) is 5.41 Å². The van der Waals surface area contributed by atoms with Gasteiger partial charge >= 0.3 is 13.1 Å². The summed E-state index contributed by atoms with van der Waals surface area (Å²) < 4.78 is 12.4. The fourth-order valence-electron chi connectivity index (χ4n) is 4.86. The van der Waals surface area contributed by atoms with Crippen molar-refractivity contribution in [3.63, 3.8) is 0 Å². The Morgan fingerprint density at radius 3 is 1.79 bits per heavy atom. The topological polar surface area (TPSA) is 81.1 Å². The van der Waals surface area contributed by atoms with Gasteiger partial charge in [0, 0.05) is 43.6 Å². The molecular weight excluding hydrogens is 477 g/mol. The van der Waals surface area contributed by atoms with E-state index in [1.165, 1.54) is 10.6 Å². The third kappa shape index (κ3) is 5.84. The van der Waals surface area contributed by atoms with Gasteiger partial charge in [0.05, 0.1) is 23.2 Å². The summed E-state index contributed by atoms with van der Waals surface area (Å²) in [4.78, 5) is 18.8. The van der Waals surface area contributed by atoms with Crippen molar-refractivity contribution >= 4 is 42.0 Å². The quantitative estimate of drug-likeness (QED) is 0.302. The first-order chi connectivity index (χ1) is 18.1. The fraction of sp³-hybridized carbons (Fsp3) is 0.517. The molecule has 0 unspecified atom stereocenters. The van der Waals surface area contributed by atoms with Crippen LogP contribution < -0.4 is 25.5 Å². The number of hydrogen-bond acceptors (Lipinski definition) is 6. The first kappa shape index (κ1) is 28.0. The van der Waals surface area contributed by atoms with E-state index >= 15 is 0 Å². The molecule has 2 aliphatic rings. The van der Waals surface area contributed by atoms with Crippen LogP contribution in [-0.2, 0) is 9.31 Å². The lowest BCUT2D eigenvalue weighted by atomic mass is 9.79. The Bertz CT molecular complexity index is 1080. The van der Waals surface area contributed by atoms with E-state index < -0.39 is 0 Å². The number of anilines is 3. The summed E-state index contributed by atoms with van der Waals surface area (Å²) in [6.07, 6.45) is 2.80. The molecule has 2 aliphatic heterocycles. The van der Waals surface area contributed by atoms with Crippen LogP contribution in [0.25, 0.3) is 0 Å². The Kier molecular flexibility index (Phi) is 8.38. The number of piperazine rings is 1. The molecule has 0 radical (unpaired) electrons. The summed E-state index contributed by atoms with van der Waals surface area (Å²) in [6, 6.07) is 16.3. The molecule has 0 aliphatic carbocycles. The van der Waals surface area contributed by atoms with Crippen LogP contribution in [-0.4, -0.2) is 62.9 Å². The summed E-state index contributed by atoms with van der Waals surface area (Å²) in [5, 5.41) is 10.7. The average Bonchev–Trinajstić information content (AvgIpc) is 3.14. The number of urea groups is 1. The number of amides is 2. The summed E-state index contributed by atoms with van der Waals surface area (Å²) >= 11 is 0. The van der Waals surface area contributed by atoms with Crippen LogP contribution in [0.3, 0.4) is 0 Å². The van der Waals surface area contributed by atoms with Crippen LogP contribution >= 0.6 is 0 Å². The van der Waals surface area contributed by atoms with E-state index in [-0.39, 0.29) is 30.4 Å². The third-order valence-electron chi connectivity index (χ3n) is 8.22. The van der Waals surface area contributed by atoms with Crippen molar-refractivity contribution in [2.45, 2.75) is 71.6 Å². The van der Waals surface area contributed by atoms with E-state index in [0.29, 0.717) is 5.69 Å². The van der Waals surface area contributed by atoms with Crippen molar-refractivity contribution in [3.8, 4) is 0 Å². The highest BCUT2D eigenvalue weighted by molar-refractivity contribution is 6.62. The Morgan fingerprint density at radius 2 is 1.37 bits per heavy atom. The predicted octanol–water partition coefficient (Wildman–Crippen LogP) is 4.62. The minimum Gasteiger partial charge on any atom is -0.399 e. The second kappa shape index (κ2) is 11.4. The molecule has 2 aromatic rings. The molecule has 0 aromatic heterocycles. The normalized spacial score (nSPS) is 18.6. The van der Waals surface area contributed by atoms with Crippen LogP contribution in [0.4, 0.5) is 21.9 Å². The molecule has 2 amide bonds. The molecule has 4 rings (SSSR count). The van der Waals surface area contributed by atoms with E-state index in [1.54, 1.807) is 0 Å². The van der Waals surface area contributed by atoms with Gasteiger partial charge in [0.15, 0.2) is 0 Å². The maximum atomic E-state index is 12.6. The highest BCUT2D eigenvalue weighted by Crippen LogP contribution is 2.36. The summed E-state index contributed by atoms with van der Waals surface area (Å²) in [6.45, 7) is 16.0. The van der Waals surface area contributed by atoms with Crippen LogP contribution in [0.15, 0.2) is 48.5 Å². The van der Waals surface area contributed by atoms with Crippen LogP contribution in [0.1, 0.15) is 54.4 Å². The van der Waals surface area contributed by atoms with E-state index in [1.807, 2.05) is 38.1 Å². The van der Waals surface area contributed by atoms with Crippen molar-refractivity contribution in [2.24, 2.45) is 0 Å². The second-order valence-corrected chi connectivity index (χ2v) is 11.1. The van der Waals surface area contributed by atoms with Crippen molar-refractivity contribution in [2.75, 3.05) is 40.9 Å². The number of nitrogens with one attached hydrogen (secondary N) is 2. The molecule has 2 heterocycles. The lowest BCUT2D eigenvalue weighted by Gasteiger charge is -2.37. The van der Waals surface area contributed by atoms with Gasteiger partial charge in [-0.25, -0.2) is 4.79 Å². The fourth-order valence-corrected chi connectivity index (χ4v) is 4.86. The van der Waals surface area contributed by atoms with Gasteiger partial charge in [0.25, 0.3) is 0 Å². The minimum absolute atomic E-state index is 0.111. The smallest absolute Gasteiger partial charge is 0.399 e. The number of benzene rings is 2. The summed E-state index contributed by atoms with van der Waals surface area (Å²) in [5.41, 5.74) is 3.36. The molecule has 2 aromatic carbocycles. The van der Waals surface area contributed by atoms with Gasteiger partial charge in [0.2, 0.25) is 0 Å². The Morgan fingerprint density at radius 1 is 0.921 bits per heavy atom. The van der Waals surface area contributed by atoms with Gasteiger partial charge in [-0.2, -0.15) is 0 Å². The Hall–Kier alpha value is -3.04. The molecule has 2 fully saturated rings. The zero-order valence-electron chi connectivity index (χ0n) is 23.7. The van der Waals surface area contributed by atoms with Gasteiger partial charge in [-0.15, -0.1) is 0 Å². The van der Waals surface area contributed by atoms with E-state index in [9.17, 15) is 4.79 Å². The van der Waals surface area contributed by atoms with E-state index in [2.05, 4.69) is 67.1 Å². The maximum absolute atomic E-state index is 12.6. The Labute approximate surface area is 227 Å². The third-order valence-corrected chi connectivity index (χ3v) is 8.22. The first-order valence-electron chi connectivity index (χ1n) is 13.7. The van der Waals surface area contributed by atoms with Crippen LogP contribution in [0.2, 0.25) is 0 Å². The average molecular weight is 519 g/mol. The molecule has 2 saturated heterocycles. The summed E-state index contributed by atoms with van der Waals surface area (Å²) in [5.74, 6) is 0. The number of carbonyl (C=O) groups excluding carboxylic acids is 1. The van der Waals surface area contributed by atoms with Crippen molar-refractivity contribution < 1.29 is 14.1 Å². The SMILES string of the molecule is CCC(CC)NC(=O)N(C=N)c1ccc(N2CCN(c3ccc(B4OC(C)(C)C(C)(C)O4)cc3)CC2)cc1. The lowest BCUT2D eigenvalue weighted by molar-refractivity contribution is 0.00578. The minimum atomic E-state index is -0.345. The van der Waals surface area contributed by atoms with Gasteiger partial charge in [-0.05, 0) is 82.4 Å². The number of nitrogens with zero attached hydrogens (tertiary/aromatic N) is 3. The standard InChI is InChI=1S/C29H42BN5O3/c1-7-23(8-2)32-27(36)35(21-31)26-15-13-25(14-16-26)34-19-17-33(18-20-34)24-11-9-22(10-12-24)30-37-28(3,4)29(5,6)38-30/h9-16,21,23,31H,7-8,17-20H2,1-6H3,(H,32,36). The van der Waals surface area contributed by atoms with Crippen LogP contribution in [0.5, 0.6) is 0 Å². The van der Waals surface area contributed by atoms with Gasteiger partial charge < -0.3 is 24.4 Å². The molecule has 0 atom stereocenters. The molecule has 2 N–H and O–H groups in total. The van der Waals surface area contributed by atoms with Crippen molar-refractivity contribution in [1.82, 2.24) is 5.32 Å². The van der Waals surface area contributed by atoms with E-state index in [4.69, 9.17) is 14.7 Å². The zero-order chi connectivity index (χ0) is 27.5. The first-order valence-corrected chi connectivity index (χ1v) is 13.7. The van der Waals surface area contributed by atoms with Crippen molar-refractivity contribution in [1.29, 1.82) is 5.41 Å². The highest BCUT2D eigenvalue weighted by Gasteiger charge is 2.51.